The lowest BCUT2D eigenvalue weighted by Crippen LogP contribution is -2.41. The predicted molar refractivity (Wildman–Crippen MR) is 67.4 cm³/mol. The van der Waals surface area contributed by atoms with Gasteiger partial charge in [0.25, 0.3) is 0 Å². The highest BCUT2D eigenvalue weighted by Crippen LogP contribution is 2.17. The Morgan fingerprint density at radius 3 is 2.94 bits per heavy atom. The lowest BCUT2D eigenvalue weighted by Gasteiger charge is -2.31. The molecular weight excluding hydrogens is 200 g/mol. The average molecular weight is 226 g/mol. The number of nitrogens with one attached hydrogen (secondary N) is 1. The number of carbonyl (C=O) groups is 1. The highest BCUT2D eigenvalue weighted by Gasteiger charge is 2.24. The maximum absolute atomic E-state index is 11.9. The topological polar surface area (TPSA) is 32.3 Å². The molecule has 0 radical (unpaired) electrons. The number of hydrogen-bond donors (Lipinski definition) is 1. The minimum Gasteiger partial charge on any atom is -0.342 e. The van der Waals surface area contributed by atoms with Crippen molar-refractivity contribution in [1.29, 1.82) is 0 Å². The molecule has 0 aromatic carbocycles. The van der Waals surface area contributed by atoms with Crippen LogP contribution in [0.25, 0.3) is 0 Å². The van der Waals surface area contributed by atoms with E-state index in [-0.39, 0.29) is 5.92 Å². The molecule has 1 aliphatic heterocycles. The van der Waals surface area contributed by atoms with Gasteiger partial charge in [-0.3, -0.25) is 4.79 Å². The number of nitrogens with zero attached hydrogens (tertiary/aromatic N) is 1. The van der Waals surface area contributed by atoms with Crippen LogP contribution in [0.15, 0.2) is 0 Å². The van der Waals surface area contributed by atoms with Gasteiger partial charge in [-0.2, -0.15) is 0 Å². The second-order valence-corrected chi connectivity index (χ2v) is 4.90. The van der Waals surface area contributed by atoms with E-state index >= 15 is 0 Å². The van der Waals surface area contributed by atoms with E-state index in [4.69, 9.17) is 0 Å². The zero-order chi connectivity index (χ0) is 12.0. The summed E-state index contributed by atoms with van der Waals surface area (Å²) in [6, 6.07) is 0.609. The van der Waals surface area contributed by atoms with Crippen LogP contribution in [-0.2, 0) is 4.79 Å². The SMILES string of the molecule is CCC(CCCN1CCCC(C)C1=O)NC. The quantitative estimate of drug-likeness (QED) is 0.751. The zero-order valence-corrected chi connectivity index (χ0v) is 11.0. The molecule has 3 heteroatoms. The van der Waals surface area contributed by atoms with Gasteiger partial charge in [-0.25, -0.2) is 0 Å². The summed E-state index contributed by atoms with van der Waals surface area (Å²) in [5.41, 5.74) is 0. The van der Waals surface area contributed by atoms with Crippen molar-refractivity contribution in [3.05, 3.63) is 0 Å². The zero-order valence-electron chi connectivity index (χ0n) is 11.0. The molecule has 0 saturated carbocycles. The van der Waals surface area contributed by atoms with Crippen LogP contribution in [0.2, 0.25) is 0 Å². The number of carbonyl (C=O) groups excluding carboxylic acids is 1. The summed E-state index contributed by atoms with van der Waals surface area (Å²) in [6.45, 7) is 6.17. The van der Waals surface area contributed by atoms with E-state index in [1.807, 2.05) is 7.05 Å². The summed E-state index contributed by atoms with van der Waals surface area (Å²) >= 11 is 0. The van der Waals surface area contributed by atoms with Gasteiger partial charge in [-0.05, 0) is 39.2 Å². The molecule has 0 aliphatic carbocycles. The lowest BCUT2D eigenvalue weighted by atomic mass is 9.98. The van der Waals surface area contributed by atoms with Gasteiger partial charge in [0.1, 0.15) is 0 Å². The van der Waals surface area contributed by atoms with Crippen molar-refractivity contribution in [3.8, 4) is 0 Å². The van der Waals surface area contributed by atoms with E-state index in [2.05, 4.69) is 24.1 Å². The molecule has 1 saturated heterocycles. The van der Waals surface area contributed by atoms with Crippen molar-refractivity contribution in [2.45, 2.75) is 52.0 Å². The number of rotatable bonds is 6. The summed E-state index contributed by atoms with van der Waals surface area (Å²) in [7, 11) is 2.02. The van der Waals surface area contributed by atoms with Crippen LogP contribution in [-0.4, -0.2) is 37.0 Å². The first-order chi connectivity index (χ1) is 7.69. The van der Waals surface area contributed by atoms with Gasteiger partial charge >= 0.3 is 0 Å². The Balaban J connectivity index is 2.24. The second kappa shape index (κ2) is 6.89. The first-order valence-corrected chi connectivity index (χ1v) is 6.65. The molecule has 1 amide bonds. The minimum atomic E-state index is 0.250. The van der Waals surface area contributed by atoms with Crippen LogP contribution in [0.1, 0.15) is 46.0 Å². The smallest absolute Gasteiger partial charge is 0.225 e. The van der Waals surface area contributed by atoms with Gasteiger partial charge in [-0.15, -0.1) is 0 Å². The lowest BCUT2D eigenvalue weighted by molar-refractivity contribution is -0.137. The Morgan fingerprint density at radius 1 is 1.56 bits per heavy atom. The molecule has 1 fully saturated rings. The molecule has 0 bridgehead atoms. The van der Waals surface area contributed by atoms with Crippen molar-refractivity contribution in [3.63, 3.8) is 0 Å². The fraction of sp³-hybridized carbons (Fsp3) is 0.923. The Morgan fingerprint density at radius 2 is 2.31 bits per heavy atom. The maximum Gasteiger partial charge on any atom is 0.225 e. The molecule has 0 spiro atoms. The van der Waals surface area contributed by atoms with Gasteiger partial charge in [0.2, 0.25) is 5.91 Å². The molecule has 1 heterocycles. The third-order valence-corrected chi connectivity index (χ3v) is 3.68. The van der Waals surface area contributed by atoms with E-state index < -0.39 is 0 Å². The standard InChI is InChI=1S/C13H26N2O/c1-4-12(14-3)8-6-10-15-9-5-7-11(2)13(15)16/h11-12,14H,4-10H2,1-3H3. The molecule has 1 N–H and O–H groups in total. The van der Waals surface area contributed by atoms with Crippen molar-refractivity contribution < 1.29 is 4.79 Å². The second-order valence-electron chi connectivity index (χ2n) is 4.90. The monoisotopic (exact) mass is 226 g/mol. The van der Waals surface area contributed by atoms with Crippen LogP contribution in [0.4, 0.5) is 0 Å². The summed E-state index contributed by atoms with van der Waals surface area (Å²) < 4.78 is 0. The van der Waals surface area contributed by atoms with Crippen LogP contribution < -0.4 is 5.32 Å². The van der Waals surface area contributed by atoms with Gasteiger partial charge < -0.3 is 10.2 Å². The van der Waals surface area contributed by atoms with Crippen LogP contribution in [0.3, 0.4) is 0 Å². The fourth-order valence-corrected chi connectivity index (χ4v) is 2.44. The first-order valence-electron chi connectivity index (χ1n) is 6.65. The van der Waals surface area contributed by atoms with E-state index in [0.717, 1.165) is 25.9 Å². The average Bonchev–Trinajstić information content (AvgIpc) is 2.30. The van der Waals surface area contributed by atoms with E-state index in [1.54, 1.807) is 0 Å². The maximum atomic E-state index is 11.9. The first kappa shape index (κ1) is 13.5. The van der Waals surface area contributed by atoms with Crippen LogP contribution >= 0.6 is 0 Å². The molecule has 0 aromatic heterocycles. The summed E-state index contributed by atoms with van der Waals surface area (Å²) in [4.78, 5) is 13.9. The van der Waals surface area contributed by atoms with Crippen LogP contribution in [0.5, 0.6) is 0 Å². The predicted octanol–water partition coefficient (Wildman–Crippen LogP) is 2.02. The fourth-order valence-electron chi connectivity index (χ4n) is 2.44. The molecule has 1 rings (SSSR count). The Hall–Kier alpha value is -0.570. The third kappa shape index (κ3) is 3.78. The summed E-state index contributed by atoms with van der Waals surface area (Å²) in [5, 5.41) is 3.31. The number of amides is 1. The molecule has 94 valence electrons. The van der Waals surface area contributed by atoms with E-state index in [0.29, 0.717) is 11.9 Å². The van der Waals surface area contributed by atoms with E-state index in [9.17, 15) is 4.79 Å². The molecule has 16 heavy (non-hydrogen) atoms. The van der Waals surface area contributed by atoms with Gasteiger partial charge in [0.05, 0.1) is 0 Å². The van der Waals surface area contributed by atoms with Crippen LogP contribution in [0, 0.1) is 5.92 Å². The highest BCUT2D eigenvalue weighted by molar-refractivity contribution is 5.79. The molecular formula is C13H26N2O. The summed E-state index contributed by atoms with van der Waals surface area (Å²) in [6.07, 6.45) is 5.71. The Bertz CT molecular complexity index is 214. The van der Waals surface area contributed by atoms with Crippen molar-refractivity contribution >= 4 is 5.91 Å². The highest BCUT2D eigenvalue weighted by atomic mass is 16.2. The largest absolute Gasteiger partial charge is 0.342 e. The number of hydrogen-bond acceptors (Lipinski definition) is 2. The van der Waals surface area contributed by atoms with E-state index in [1.165, 1.54) is 19.3 Å². The minimum absolute atomic E-state index is 0.250. The molecule has 2 unspecified atom stereocenters. The number of piperidine rings is 1. The third-order valence-electron chi connectivity index (χ3n) is 3.68. The summed E-state index contributed by atoms with van der Waals surface area (Å²) in [5.74, 6) is 0.615. The molecule has 3 nitrogen and oxygen atoms in total. The molecule has 0 aromatic rings. The van der Waals surface area contributed by atoms with Gasteiger partial charge in [0, 0.05) is 25.0 Å². The van der Waals surface area contributed by atoms with Crippen molar-refractivity contribution in [1.82, 2.24) is 10.2 Å². The molecule has 1 aliphatic rings. The van der Waals surface area contributed by atoms with Crippen molar-refractivity contribution in [2.75, 3.05) is 20.1 Å². The Labute approximate surface area is 99.6 Å². The van der Waals surface area contributed by atoms with Crippen molar-refractivity contribution in [2.24, 2.45) is 5.92 Å². The van der Waals surface area contributed by atoms with Gasteiger partial charge in [0.15, 0.2) is 0 Å². The number of likely N-dealkylation sites (tertiary alicyclic amines) is 1. The Kier molecular flexibility index (Phi) is 5.81. The molecule has 2 atom stereocenters. The normalized spacial score (nSPS) is 23.6. The van der Waals surface area contributed by atoms with Gasteiger partial charge in [-0.1, -0.05) is 13.8 Å².